The van der Waals surface area contributed by atoms with Crippen molar-refractivity contribution in [1.82, 2.24) is 15.3 Å². The molecular weight excluding hydrogens is 174 g/mol. The number of hydrogen-bond acceptors (Lipinski definition) is 3. The van der Waals surface area contributed by atoms with E-state index in [1.807, 2.05) is 19.2 Å². The Kier molecular flexibility index (Phi) is 4.53. The molecule has 78 valence electrons. The van der Waals surface area contributed by atoms with Crippen molar-refractivity contribution in [1.29, 1.82) is 0 Å². The number of aromatic nitrogens is 2. The standard InChI is InChI=1S/C11H19N3/c1-4-6-12-10(3)8-11-13-7-5-9(2)14-11/h5,7,10,12H,4,6,8H2,1-3H3. The molecule has 0 bridgehead atoms. The van der Waals surface area contributed by atoms with Gasteiger partial charge in [0.2, 0.25) is 0 Å². The summed E-state index contributed by atoms with van der Waals surface area (Å²) in [5.41, 5.74) is 1.04. The van der Waals surface area contributed by atoms with Gasteiger partial charge in [0.1, 0.15) is 5.82 Å². The second-order valence-electron chi connectivity index (χ2n) is 3.67. The third-order valence-electron chi connectivity index (χ3n) is 2.08. The molecule has 1 aromatic heterocycles. The lowest BCUT2D eigenvalue weighted by atomic mass is 10.2. The van der Waals surface area contributed by atoms with Gasteiger partial charge in [-0.05, 0) is 32.9 Å². The fourth-order valence-electron chi connectivity index (χ4n) is 1.34. The summed E-state index contributed by atoms with van der Waals surface area (Å²) in [5, 5.41) is 3.42. The van der Waals surface area contributed by atoms with Gasteiger partial charge in [-0.15, -0.1) is 0 Å². The zero-order valence-electron chi connectivity index (χ0n) is 9.25. The van der Waals surface area contributed by atoms with Crippen molar-refractivity contribution in [3.63, 3.8) is 0 Å². The van der Waals surface area contributed by atoms with Gasteiger partial charge in [0.15, 0.2) is 0 Å². The van der Waals surface area contributed by atoms with E-state index in [2.05, 4.69) is 29.1 Å². The van der Waals surface area contributed by atoms with Crippen LogP contribution >= 0.6 is 0 Å². The molecule has 0 aliphatic carbocycles. The van der Waals surface area contributed by atoms with E-state index >= 15 is 0 Å². The number of nitrogens with zero attached hydrogens (tertiary/aromatic N) is 2. The highest BCUT2D eigenvalue weighted by molar-refractivity contribution is 5.00. The largest absolute Gasteiger partial charge is 0.314 e. The lowest BCUT2D eigenvalue weighted by Gasteiger charge is -2.11. The highest BCUT2D eigenvalue weighted by Gasteiger charge is 2.04. The minimum atomic E-state index is 0.455. The summed E-state index contributed by atoms with van der Waals surface area (Å²) in [5.74, 6) is 0.932. The summed E-state index contributed by atoms with van der Waals surface area (Å²) in [4.78, 5) is 8.61. The predicted octanol–water partition coefficient (Wildman–Crippen LogP) is 1.72. The molecule has 3 heteroatoms. The van der Waals surface area contributed by atoms with Crippen LogP contribution in [0.1, 0.15) is 31.8 Å². The predicted molar refractivity (Wildman–Crippen MR) is 58.2 cm³/mol. The minimum absolute atomic E-state index is 0.455. The van der Waals surface area contributed by atoms with Crippen molar-refractivity contribution in [2.75, 3.05) is 6.54 Å². The number of hydrogen-bond donors (Lipinski definition) is 1. The smallest absolute Gasteiger partial charge is 0.130 e. The van der Waals surface area contributed by atoms with Crippen molar-refractivity contribution in [3.05, 3.63) is 23.8 Å². The first-order valence-corrected chi connectivity index (χ1v) is 5.24. The van der Waals surface area contributed by atoms with Crippen LogP contribution in [0, 0.1) is 6.92 Å². The van der Waals surface area contributed by atoms with E-state index in [-0.39, 0.29) is 0 Å². The van der Waals surface area contributed by atoms with Gasteiger partial charge in [-0.3, -0.25) is 0 Å². The zero-order valence-corrected chi connectivity index (χ0v) is 9.25. The Hall–Kier alpha value is -0.960. The van der Waals surface area contributed by atoms with E-state index in [0.29, 0.717) is 6.04 Å². The number of aryl methyl sites for hydroxylation is 1. The average Bonchev–Trinajstić information content (AvgIpc) is 2.15. The van der Waals surface area contributed by atoms with Gasteiger partial charge in [-0.1, -0.05) is 6.92 Å². The van der Waals surface area contributed by atoms with E-state index in [1.54, 1.807) is 0 Å². The third kappa shape index (κ3) is 3.83. The Bertz CT molecular complexity index is 273. The maximum atomic E-state index is 4.37. The molecule has 1 unspecified atom stereocenters. The monoisotopic (exact) mass is 193 g/mol. The summed E-state index contributed by atoms with van der Waals surface area (Å²) in [6.45, 7) is 7.40. The molecule has 1 atom stereocenters. The van der Waals surface area contributed by atoms with Gasteiger partial charge in [0, 0.05) is 24.4 Å². The Morgan fingerprint density at radius 3 is 2.93 bits per heavy atom. The molecular formula is C11H19N3. The molecule has 1 rings (SSSR count). The van der Waals surface area contributed by atoms with Crippen molar-refractivity contribution in [2.24, 2.45) is 0 Å². The van der Waals surface area contributed by atoms with E-state index in [1.165, 1.54) is 6.42 Å². The average molecular weight is 193 g/mol. The summed E-state index contributed by atoms with van der Waals surface area (Å²) in [7, 11) is 0. The molecule has 0 radical (unpaired) electrons. The van der Waals surface area contributed by atoms with Gasteiger partial charge in [0.25, 0.3) is 0 Å². The van der Waals surface area contributed by atoms with Gasteiger partial charge >= 0.3 is 0 Å². The molecule has 0 aliphatic rings. The first-order chi connectivity index (χ1) is 6.72. The van der Waals surface area contributed by atoms with Gasteiger partial charge < -0.3 is 5.32 Å². The van der Waals surface area contributed by atoms with Crippen molar-refractivity contribution >= 4 is 0 Å². The van der Waals surface area contributed by atoms with Crippen LogP contribution in [0.4, 0.5) is 0 Å². The first kappa shape index (κ1) is 11.1. The Balaban J connectivity index is 2.43. The molecule has 0 aliphatic heterocycles. The lowest BCUT2D eigenvalue weighted by molar-refractivity contribution is 0.532. The molecule has 0 aromatic carbocycles. The molecule has 0 spiro atoms. The van der Waals surface area contributed by atoms with Crippen molar-refractivity contribution in [3.8, 4) is 0 Å². The third-order valence-corrected chi connectivity index (χ3v) is 2.08. The van der Waals surface area contributed by atoms with E-state index in [4.69, 9.17) is 0 Å². The van der Waals surface area contributed by atoms with E-state index in [0.717, 1.165) is 24.5 Å². The molecule has 1 N–H and O–H groups in total. The van der Waals surface area contributed by atoms with Gasteiger partial charge in [-0.2, -0.15) is 0 Å². The first-order valence-electron chi connectivity index (χ1n) is 5.24. The van der Waals surface area contributed by atoms with Crippen LogP contribution in [-0.2, 0) is 6.42 Å². The fraction of sp³-hybridized carbons (Fsp3) is 0.636. The number of rotatable bonds is 5. The van der Waals surface area contributed by atoms with Crippen LogP contribution in [0.2, 0.25) is 0 Å². The highest BCUT2D eigenvalue weighted by Crippen LogP contribution is 1.98. The molecule has 1 aromatic rings. The molecule has 14 heavy (non-hydrogen) atoms. The summed E-state index contributed by atoms with van der Waals surface area (Å²) >= 11 is 0. The SMILES string of the molecule is CCCNC(C)Cc1nccc(C)n1. The summed E-state index contributed by atoms with van der Waals surface area (Å²) in [6, 6.07) is 2.38. The second kappa shape index (κ2) is 5.70. The normalized spacial score (nSPS) is 12.8. The van der Waals surface area contributed by atoms with Crippen LogP contribution < -0.4 is 5.32 Å². The summed E-state index contributed by atoms with van der Waals surface area (Å²) < 4.78 is 0. The van der Waals surface area contributed by atoms with Crippen LogP contribution in [0.15, 0.2) is 12.3 Å². The molecule has 3 nitrogen and oxygen atoms in total. The fourth-order valence-corrected chi connectivity index (χ4v) is 1.34. The van der Waals surface area contributed by atoms with Crippen molar-refractivity contribution < 1.29 is 0 Å². The lowest BCUT2D eigenvalue weighted by Crippen LogP contribution is -2.29. The van der Waals surface area contributed by atoms with E-state index < -0.39 is 0 Å². The molecule has 0 fully saturated rings. The van der Waals surface area contributed by atoms with Gasteiger partial charge in [0.05, 0.1) is 0 Å². The topological polar surface area (TPSA) is 37.8 Å². The molecule has 0 saturated carbocycles. The zero-order chi connectivity index (χ0) is 10.4. The Labute approximate surface area is 86.0 Å². The van der Waals surface area contributed by atoms with Gasteiger partial charge in [-0.25, -0.2) is 9.97 Å². The quantitative estimate of drug-likeness (QED) is 0.773. The second-order valence-corrected chi connectivity index (χ2v) is 3.67. The maximum absolute atomic E-state index is 4.37. The van der Waals surface area contributed by atoms with E-state index in [9.17, 15) is 0 Å². The molecule has 1 heterocycles. The molecule has 0 amide bonds. The van der Waals surface area contributed by atoms with Crippen LogP contribution in [0.25, 0.3) is 0 Å². The summed E-state index contributed by atoms with van der Waals surface area (Å²) in [6.07, 6.45) is 3.89. The Morgan fingerprint density at radius 1 is 1.50 bits per heavy atom. The minimum Gasteiger partial charge on any atom is -0.314 e. The maximum Gasteiger partial charge on any atom is 0.130 e. The van der Waals surface area contributed by atoms with Crippen LogP contribution in [0.3, 0.4) is 0 Å². The molecule has 0 saturated heterocycles. The number of nitrogens with one attached hydrogen (secondary N) is 1. The van der Waals surface area contributed by atoms with Crippen molar-refractivity contribution in [2.45, 2.75) is 39.7 Å². The highest BCUT2D eigenvalue weighted by atomic mass is 14.9. The van der Waals surface area contributed by atoms with Crippen LogP contribution in [-0.4, -0.2) is 22.6 Å². The Morgan fingerprint density at radius 2 is 2.29 bits per heavy atom. The van der Waals surface area contributed by atoms with Crippen LogP contribution in [0.5, 0.6) is 0 Å².